The molecule has 1 aliphatic carbocycles. The Kier molecular flexibility index (Phi) is 13.7. The predicted molar refractivity (Wildman–Crippen MR) is 155 cm³/mol. The van der Waals surface area contributed by atoms with E-state index in [1.165, 1.54) is 68.1 Å². The smallest absolute Gasteiger partial charge is 0.340 e. The van der Waals surface area contributed by atoms with Crippen molar-refractivity contribution in [1.82, 2.24) is 0 Å². The number of ether oxygens (including phenoxy) is 2. The number of benzene rings is 2. The first-order valence-corrected chi connectivity index (χ1v) is 15.3. The molecule has 1 atom stereocenters. The SMILES string of the molecule is CCCCCCCCCc1ccc(-c2ccc(OCC3CCC(OC(=O)[C@@H](F)CCCC)CC3)cc2)cc1. The van der Waals surface area contributed by atoms with Crippen LogP contribution in [0.2, 0.25) is 0 Å². The average molecular weight is 525 g/mol. The van der Waals surface area contributed by atoms with E-state index >= 15 is 0 Å². The van der Waals surface area contributed by atoms with E-state index in [4.69, 9.17) is 9.47 Å². The molecule has 0 amide bonds. The first kappa shape index (κ1) is 30.2. The Balaban J connectivity index is 1.33. The highest BCUT2D eigenvalue weighted by Gasteiger charge is 2.27. The number of carbonyl (C=O) groups excluding carboxylic acids is 1. The van der Waals surface area contributed by atoms with Crippen LogP contribution in [-0.2, 0) is 16.0 Å². The largest absolute Gasteiger partial charge is 0.493 e. The summed E-state index contributed by atoms with van der Waals surface area (Å²) in [6.07, 6.45) is 14.3. The molecule has 1 aliphatic rings. The fraction of sp³-hybridized carbons (Fsp3) is 0.618. The molecular formula is C34H49FO3. The van der Waals surface area contributed by atoms with Gasteiger partial charge in [-0.2, -0.15) is 0 Å². The van der Waals surface area contributed by atoms with Crippen molar-refractivity contribution >= 4 is 5.97 Å². The molecule has 0 N–H and O–H groups in total. The number of hydrogen-bond donors (Lipinski definition) is 0. The van der Waals surface area contributed by atoms with Gasteiger partial charge in [-0.1, -0.05) is 102 Å². The van der Waals surface area contributed by atoms with Crippen molar-refractivity contribution in [1.29, 1.82) is 0 Å². The lowest BCUT2D eigenvalue weighted by Crippen LogP contribution is -2.30. The summed E-state index contributed by atoms with van der Waals surface area (Å²) < 4.78 is 25.4. The van der Waals surface area contributed by atoms with Crippen molar-refractivity contribution in [2.75, 3.05) is 6.61 Å². The van der Waals surface area contributed by atoms with Crippen LogP contribution in [0.5, 0.6) is 5.75 Å². The molecule has 1 saturated carbocycles. The average Bonchev–Trinajstić information content (AvgIpc) is 2.95. The highest BCUT2D eigenvalue weighted by atomic mass is 19.1. The molecule has 0 unspecified atom stereocenters. The van der Waals surface area contributed by atoms with Crippen LogP contribution in [0.25, 0.3) is 11.1 Å². The van der Waals surface area contributed by atoms with Gasteiger partial charge in [0, 0.05) is 0 Å². The third kappa shape index (κ3) is 10.8. The van der Waals surface area contributed by atoms with Gasteiger partial charge in [0.25, 0.3) is 0 Å². The number of aryl methyl sites for hydroxylation is 1. The Labute approximate surface area is 230 Å². The maximum absolute atomic E-state index is 13.9. The predicted octanol–water partition coefficient (Wildman–Crippen LogP) is 9.66. The van der Waals surface area contributed by atoms with Gasteiger partial charge < -0.3 is 9.47 Å². The second-order valence-electron chi connectivity index (χ2n) is 11.1. The minimum atomic E-state index is -1.48. The summed E-state index contributed by atoms with van der Waals surface area (Å²) in [5.74, 6) is 0.643. The van der Waals surface area contributed by atoms with E-state index in [0.717, 1.165) is 37.9 Å². The van der Waals surface area contributed by atoms with Gasteiger partial charge in [0.2, 0.25) is 0 Å². The van der Waals surface area contributed by atoms with Crippen molar-refractivity contribution < 1.29 is 18.7 Å². The van der Waals surface area contributed by atoms with Crippen LogP contribution in [0.1, 0.15) is 109 Å². The van der Waals surface area contributed by atoms with Crippen LogP contribution >= 0.6 is 0 Å². The Morgan fingerprint density at radius 2 is 1.37 bits per heavy atom. The van der Waals surface area contributed by atoms with E-state index in [0.29, 0.717) is 18.9 Å². The minimum Gasteiger partial charge on any atom is -0.493 e. The molecule has 1 fully saturated rings. The van der Waals surface area contributed by atoms with Crippen LogP contribution < -0.4 is 4.74 Å². The van der Waals surface area contributed by atoms with Crippen LogP contribution in [0, 0.1) is 5.92 Å². The minimum absolute atomic E-state index is 0.153. The lowest BCUT2D eigenvalue weighted by molar-refractivity contribution is -0.157. The number of carbonyl (C=O) groups is 1. The zero-order chi connectivity index (χ0) is 27.0. The van der Waals surface area contributed by atoms with Crippen LogP contribution in [0.4, 0.5) is 4.39 Å². The summed E-state index contributed by atoms with van der Waals surface area (Å²) >= 11 is 0. The Hall–Kier alpha value is -2.36. The Morgan fingerprint density at radius 1 is 0.789 bits per heavy atom. The summed E-state index contributed by atoms with van der Waals surface area (Å²) in [7, 11) is 0. The van der Waals surface area contributed by atoms with E-state index in [1.54, 1.807) is 0 Å². The number of unbranched alkanes of at least 4 members (excludes halogenated alkanes) is 7. The topological polar surface area (TPSA) is 35.5 Å². The van der Waals surface area contributed by atoms with Crippen LogP contribution in [0.15, 0.2) is 48.5 Å². The van der Waals surface area contributed by atoms with Crippen LogP contribution in [-0.4, -0.2) is 24.9 Å². The van der Waals surface area contributed by atoms with Gasteiger partial charge in [0.1, 0.15) is 11.9 Å². The molecule has 0 spiro atoms. The van der Waals surface area contributed by atoms with Crippen molar-refractivity contribution in [3.8, 4) is 16.9 Å². The van der Waals surface area contributed by atoms with Gasteiger partial charge in [-0.05, 0) is 79.7 Å². The van der Waals surface area contributed by atoms with Gasteiger partial charge >= 0.3 is 5.97 Å². The number of rotatable bonds is 17. The molecule has 0 saturated heterocycles. The summed E-state index contributed by atoms with van der Waals surface area (Å²) in [5, 5.41) is 0. The molecule has 0 radical (unpaired) electrons. The number of esters is 1. The van der Waals surface area contributed by atoms with E-state index in [1.807, 2.05) is 19.1 Å². The van der Waals surface area contributed by atoms with E-state index < -0.39 is 12.1 Å². The van der Waals surface area contributed by atoms with Gasteiger partial charge in [0.15, 0.2) is 6.17 Å². The fourth-order valence-electron chi connectivity index (χ4n) is 5.26. The molecule has 0 heterocycles. The van der Waals surface area contributed by atoms with Gasteiger partial charge in [-0.3, -0.25) is 0 Å². The van der Waals surface area contributed by atoms with Crippen molar-refractivity contribution in [2.45, 2.75) is 122 Å². The standard InChI is InChI=1S/C34H49FO3/c1-3-5-7-8-9-10-11-12-27-14-18-29(19-15-27)30-20-24-31(25-21-30)37-26-28-16-22-32(23-17-28)38-34(36)33(35)13-6-4-2/h14-15,18-21,24-25,28,32-33H,3-13,16-17,22-23,26H2,1-2H3/t28?,32?,33-/m0/s1. The van der Waals surface area contributed by atoms with Crippen molar-refractivity contribution in [2.24, 2.45) is 5.92 Å². The molecular weight excluding hydrogens is 475 g/mol. The first-order chi connectivity index (χ1) is 18.6. The molecule has 0 aromatic heterocycles. The number of alkyl halides is 1. The van der Waals surface area contributed by atoms with E-state index in [9.17, 15) is 9.18 Å². The quantitative estimate of drug-likeness (QED) is 0.153. The molecule has 3 nitrogen and oxygen atoms in total. The third-order valence-electron chi connectivity index (χ3n) is 7.84. The van der Waals surface area contributed by atoms with Crippen molar-refractivity contribution in [3.05, 3.63) is 54.1 Å². The van der Waals surface area contributed by atoms with Gasteiger partial charge in [-0.25, -0.2) is 9.18 Å². The number of hydrogen-bond acceptors (Lipinski definition) is 3. The summed E-state index contributed by atoms with van der Waals surface area (Å²) in [5.41, 5.74) is 3.86. The Morgan fingerprint density at radius 3 is 2.00 bits per heavy atom. The zero-order valence-electron chi connectivity index (χ0n) is 23.8. The highest BCUT2D eigenvalue weighted by molar-refractivity contribution is 5.74. The summed E-state index contributed by atoms with van der Waals surface area (Å²) in [6.45, 7) is 4.92. The normalized spacial score (nSPS) is 18.2. The van der Waals surface area contributed by atoms with E-state index in [2.05, 4.69) is 43.3 Å². The first-order valence-electron chi connectivity index (χ1n) is 15.3. The molecule has 0 aliphatic heterocycles. The van der Waals surface area contributed by atoms with Gasteiger partial charge in [-0.15, -0.1) is 0 Å². The summed E-state index contributed by atoms with van der Waals surface area (Å²) in [6, 6.07) is 17.3. The van der Waals surface area contributed by atoms with Crippen molar-refractivity contribution in [3.63, 3.8) is 0 Å². The zero-order valence-corrected chi connectivity index (χ0v) is 23.8. The second-order valence-corrected chi connectivity index (χ2v) is 11.1. The fourth-order valence-corrected chi connectivity index (χ4v) is 5.26. The molecule has 3 rings (SSSR count). The molecule has 2 aromatic carbocycles. The third-order valence-corrected chi connectivity index (χ3v) is 7.84. The van der Waals surface area contributed by atoms with Gasteiger partial charge in [0.05, 0.1) is 6.61 Å². The molecule has 4 heteroatoms. The molecule has 210 valence electrons. The number of halogens is 1. The van der Waals surface area contributed by atoms with E-state index in [-0.39, 0.29) is 12.5 Å². The maximum atomic E-state index is 13.9. The molecule has 38 heavy (non-hydrogen) atoms. The monoisotopic (exact) mass is 524 g/mol. The second kappa shape index (κ2) is 17.3. The lowest BCUT2D eigenvalue weighted by Gasteiger charge is -2.28. The maximum Gasteiger partial charge on any atom is 0.340 e. The Bertz CT molecular complexity index is 900. The summed E-state index contributed by atoms with van der Waals surface area (Å²) in [4.78, 5) is 11.9. The molecule has 2 aromatic rings. The highest BCUT2D eigenvalue weighted by Crippen LogP contribution is 2.29. The molecule has 0 bridgehead atoms. The van der Waals surface area contributed by atoms with Crippen LogP contribution in [0.3, 0.4) is 0 Å². The lowest BCUT2D eigenvalue weighted by atomic mass is 9.88.